The van der Waals surface area contributed by atoms with Crippen molar-refractivity contribution < 1.29 is 18.4 Å². The van der Waals surface area contributed by atoms with Gasteiger partial charge in [-0.1, -0.05) is 55.0 Å². The summed E-state index contributed by atoms with van der Waals surface area (Å²) in [5.74, 6) is -1.14. The number of piperazine rings is 1. The number of piperidine rings is 1. The third-order valence-corrected chi connectivity index (χ3v) is 10.2. The van der Waals surface area contributed by atoms with E-state index in [1.165, 1.54) is 12.8 Å². The molecular weight excluding hydrogens is 600 g/mol. The van der Waals surface area contributed by atoms with Crippen LogP contribution in [0.2, 0.25) is 0 Å². The number of imidazole rings is 1. The Morgan fingerprint density at radius 3 is 2.34 bits per heavy atom. The molecule has 2 atom stereocenters. The molecule has 11 heteroatoms. The highest BCUT2D eigenvalue weighted by Crippen LogP contribution is 2.44. The number of halogens is 2. The van der Waals surface area contributed by atoms with Crippen molar-refractivity contribution in [1.29, 1.82) is 0 Å². The maximum Gasteiger partial charge on any atom is 0.252 e. The molecule has 1 saturated carbocycles. The van der Waals surface area contributed by atoms with Crippen LogP contribution in [0.4, 0.5) is 14.6 Å². The number of carbonyl (C=O) groups is 2. The monoisotopic (exact) mass is 659 g/mol. The number of ketones is 1. The Bertz CT molecular complexity index is 1390. The summed E-state index contributed by atoms with van der Waals surface area (Å²) in [6, 6.07) is 0. The van der Waals surface area contributed by atoms with Crippen molar-refractivity contribution in [2.24, 2.45) is 17.3 Å². The molecule has 264 valence electrons. The first kappa shape index (κ1) is 38.5. The second-order valence-corrected chi connectivity index (χ2v) is 14.7. The van der Waals surface area contributed by atoms with Gasteiger partial charge in [-0.25, -0.2) is 18.3 Å². The lowest BCUT2D eigenvalue weighted by Gasteiger charge is -2.41. The van der Waals surface area contributed by atoms with E-state index in [0.717, 1.165) is 63.2 Å². The number of carbonyl (C=O) groups excluding carboxylic acids is 2. The van der Waals surface area contributed by atoms with Crippen molar-refractivity contribution in [3.63, 3.8) is 0 Å². The number of rotatable bonds is 10. The van der Waals surface area contributed by atoms with Gasteiger partial charge in [0.05, 0.1) is 11.9 Å². The fourth-order valence-electron chi connectivity index (χ4n) is 6.11. The topological polar surface area (TPSA) is 95.7 Å². The van der Waals surface area contributed by atoms with Crippen LogP contribution in [0.25, 0.3) is 5.78 Å². The first-order valence-electron chi connectivity index (χ1n) is 17.5. The quantitative estimate of drug-likeness (QED) is 0.279. The summed E-state index contributed by atoms with van der Waals surface area (Å²) < 4.78 is 29.7. The van der Waals surface area contributed by atoms with Crippen LogP contribution in [-0.2, 0) is 16.0 Å². The molecule has 1 N–H and O–H groups in total. The number of nitrogens with zero attached hydrogens (tertiary/aromatic N) is 6. The Hall–Kier alpha value is -2.95. The molecular formula is C36H59F2N7O2. The molecule has 9 nitrogen and oxygen atoms in total. The van der Waals surface area contributed by atoms with E-state index >= 15 is 0 Å². The minimum atomic E-state index is -2.74. The average molecular weight is 660 g/mol. The van der Waals surface area contributed by atoms with Gasteiger partial charge in [0.25, 0.3) is 5.78 Å². The number of aromatic nitrogens is 4. The van der Waals surface area contributed by atoms with E-state index in [0.29, 0.717) is 30.6 Å². The Labute approximate surface area is 281 Å². The first-order valence-corrected chi connectivity index (χ1v) is 17.5. The zero-order chi connectivity index (χ0) is 35.3. The van der Waals surface area contributed by atoms with E-state index < -0.39 is 11.3 Å². The highest BCUT2D eigenvalue weighted by molar-refractivity contribution is 5.95. The van der Waals surface area contributed by atoms with E-state index in [-0.39, 0.29) is 35.0 Å². The molecule has 0 radical (unpaired) electrons. The van der Waals surface area contributed by atoms with Crippen molar-refractivity contribution in [3.8, 4) is 0 Å². The minimum Gasteiger partial charge on any atom is -0.356 e. The van der Waals surface area contributed by atoms with Crippen LogP contribution >= 0.6 is 0 Å². The standard InChI is InChI=1S/C27H41F2N7O.C7H12O.C2H6/c1-18(8-9-25(2,3)26(4,28)29)21-16-36-24(31-21)32-22(35-14-13-34(5)27(17-35)10-11-27)20(33-36)15-19-7-6-12-30-23(19)37;1-5(2)7(8)6(3)4;1-2/h16,18-19H,6-15,17H2,1-5H3,(H,30,37);6H,1H2,2-4H3;1-2H3/t18?,19-;;/m1../s1. The van der Waals surface area contributed by atoms with E-state index in [9.17, 15) is 18.4 Å². The number of anilines is 1. The Kier molecular flexibility index (Phi) is 12.7. The summed E-state index contributed by atoms with van der Waals surface area (Å²) in [5.41, 5.74) is 1.43. The van der Waals surface area contributed by atoms with Gasteiger partial charge in [-0.15, -0.1) is 0 Å². The molecule has 2 aliphatic heterocycles. The lowest BCUT2D eigenvalue weighted by atomic mass is 9.79. The van der Waals surface area contributed by atoms with Gasteiger partial charge in [0.1, 0.15) is 5.69 Å². The lowest BCUT2D eigenvalue weighted by Crippen LogP contribution is -2.54. The lowest BCUT2D eigenvalue weighted by molar-refractivity contribution is -0.126. The fourth-order valence-corrected chi connectivity index (χ4v) is 6.11. The largest absolute Gasteiger partial charge is 0.356 e. The molecule has 2 saturated heterocycles. The maximum absolute atomic E-state index is 14.0. The molecule has 1 unspecified atom stereocenters. The molecule has 3 aliphatic rings. The Morgan fingerprint density at radius 1 is 1.15 bits per heavy atom. The SMILES string of the molecule is C=C(C)C(=O)C(C)C.CC.CC(CCC(C)(C)C(C)(F)F)c1cn2nc(C[C@H]3CCCNC3=O)c(N3CCN(C)C4(CC4)C3)nc2n1. The molecule has 0 bridgehead atoms. The van der Waals surface area contributed by atoms with Crippen molar-refractivity contribution in [2.45, 2.75) is 125 Å². The number of likely N-dealkylation sites (N-methyl/N-ethyl adjacent to an activating group) is 1. The third-order valence-electron chi connectivity index (χ3n) is 10.2. The van der Waals surface area contributed by atoms with Crippen LogP contribution in [0.3, 0.4) is 0 Å². The molecule has 2 aromatic heterocycles. The number of hydrogen-bond acceptors (Lipinski definition) is 7. The predicted octanol–water partition coefficient (Wildman–Crippen LogP) is 6.86. The zero-order valence-electron chi connectivity index (χ0n) is 30.6. The summed E-state index contributed by atoms with van der Waals surface area (Å²) in [6.45, 7) is 22.7. The van der Waals surface area contributed by atoms with Crippen LogP contribution in [0.15, 0.2) is 18.3 Å². The molecule has 5 rings (SSSR count). The maximum atomic E-state index is 14.0. The minimum absolute atomic E-state index is 0.000447. The van der Waals surface area contributed by atoms with Gasteiger partial charge in [0.15, 0.2) is 11.6 Å². The summed E-state index contributed by atoms with van der Waals surface area (Å²) in [6.07, 6.45) is 7.62. The highest BCUT2D eigenvalue weighted by Gasteiger charge is 2.50. The second-order valence-electron chi connectivity index (χ2n) is 14.7. The first-order chi connectivity index (χ1) is 21.9. The van der Waals surface area contributed by atoms with Crippen molar-refractivity contribution in [3.05, 3.63) is 29.7 Å². The molecule has 0 aromatic carbocycles. The van der Waals surface area contributed by atoms with Gasteiger partial charge in [0, 0.05) is 61.3 Å². The van der Waals surface area contributed by atoms with Crippen molar-refractivity contribution >= 4 is 23.3 Å². The van der Waals surface area contributed by atoms with Gasteiger partial charge in [-0.2, -0.15) is 10.1 Å². The van der Waals surface area contributed by atoms with Crippen LogP contribution in [-0.4, -0.2) is 80.9 Å². The van der Waals surface area contributed by atoms with Crippen molar-refractivity contribution in [1.82, 2.24) is 29.8 Å². The Morgan fingerprint density at radius 2 is 1.81 bits per heavy atom. The summed E-state index contributed by atoms with van der Waals surface area (Å²) >= 11 is 0. The smallest absolute Gasteiger partial charge is 0.252 e. The highest BCUT2D eigenvalue weighted by atomic mass is 19.3. The molecule has 1 amide bonds. The average Bonchev–Trinajstić information content (AvgIpc) is 3.66. The number of nitrogens with one attached hydrogen (secondary N) is 1. The Balaban J connectivity index is 0.000000527. The summed E-state index contributed by atoms with van der Waals surface area (Å²) in [4.78, 5) is 37.9. The molecule has 4 heterocycles. The number of amides is 1. The van der Waals surface area contributed by atoms with Gasteiger partial charge in [-0.05, 0) is 65.0 Å². The van der Waals surface area contributed by atoms with Crippen molar-refractivity contribution in [2.75, 3.05) is 38.1 Å². The van der Waals surface area contributed by atoms with Crippen LogP contribution < -0.4 is 10.2 Å². The van der Waals surface area contributed by atoms with E-state index in [1.54, 1.807) is 25.3 Å². The molecule has 3 fully saturated rings. The van der Waals surface area contributed by atoms with Crippen LogP contribution in [0.5, 0.6) is 0 Å². The number of hydrogen-bond donors (Lipinski definition) is 1. The molecule has 47 heavy (non-hydrogen) atoms. The van der Waals surface area contributed by atoms with Gasteiger partial charge >= 0.3 is 0 Å². The second kappa shape index (κ2) is 15.5. The zero-order valence-corrected chi connectivity index (χ0v) is 30.6. The number of fused-ring (bicyclic) bond motifs is 1. The summed E-state index contributed by atoms with van der Waals surface area (Å²) in [5, 5.41) is 7.95. The molecule has 2 aromatic rings. The van der Waals surface area contributed by atoms with Crippen LogP contribution in [0, 0.1) is 17.3 Å². The number of alkyl halides is 2. The van der Waals surface area contributed by atoms with E-state index in [4.69, 9.17) is 15.1 Å². The predicted molar refractivity (Wildman–Crippen MR) is 185 cm³/mol. The van der Waals surface area contributed by atoms with Gasteiger partial charge in [0.2, 0.25) is 11.8 Å². The third kappa shape index (κ3) is 9.36. The number of Topliss-reactive ketones (excluding diaryl/α,β-unsaturated/α-hetero) is 1. The summed E-state index contributed by atoms with van der Waals surface area (Å²) in [7, 11) is 2.20. The van der Waals surface area contributed by atoms with Crippen LogP contribution in [0.1, 0.15) is 118 Å². The normalized spacial score (nSPS) is 20.2. The molecule has 1 spiro atoms. The van der Waals surface area contributed by atoms with Gasteiger partial charge in [-0.3, -0.25) is 14.5 Å². The fraction of sp³-hybridized carbons (Fsp3) is 0.750. The molecule has 1 aliphatic carbocycles. The number of allylic oxidation sites excluding steroid dienone is 1. The van der Waals surface area contributed by atoms with E-state index in [2.05, 4.69) is 28.7 Å². The van der Waals surface area contributed by atoms with Gasteiger partial charge < -0.3 is 10.2 Å². The van der Waals surface area contributed by atoms with E-state index in [1.807, 2.05) is 40.8 Å².